The van der Waals surface area contributed by atoms with Gasteiger partial charge in [0, 0.05) is 13.0 Å². The lowest BCUT2D eigenvalue weighted by Gasteiger charge is -2.35. The number of nitrogens with zero attached hydrogens (tertiary/aromatic N) is 1. The number of hydrogen-bond donors (Lipinski definition) is 1. The van der Waals surface area contributed by atoms with Crippen molar-refractivity contribution in [3.05, 3.63) is 96.1 Å². The third-order valence-electron chi connectivity index (χ3n) is 6.63. The number of aliphatic hydroxyl groups excluding tert-OH is 1. The average molecular weight is 506 g/mol. The van der Waals surface area contributed by atoms with Gasteiger partial charge in [-0.1, -0.05) is 60.7 Å². The number of carbonyl (C=O) groups is 2. The van der Waals surface area contributed by atoms with Crippen molar-refractivity contribution in [3.8, 4) is 11.5 Å². The molecular weight excluding hydrogens is 470 g/mol. The molecule has 1 N–H and O–H groups in total. The average Bonchev–Trinajstić information content (AvgIpc) is 2.95. The summed E-state index contributed by atoms with van der Waals surface area (Å²) in [5.41, 5.74) is 1.48. The van der Waals surface area contributed by atoms with E-state index in [1.807, 2.05) is 60.7 Å². The van der Waals surface area contributed by atoms with E-state index < -0.39 is 30.0 Å². The van der Waals surface area contributed by atoms with Crippen LogP contribution in [0.2, 0.25) is 0 Å². The van der Waals surface area contributed by atoms with Gasteiger partial charge in [0.2, 0.25) is 5.91 Å². The quantitative estimate of drug-likeness (QED) is 0.362. The highest BCUT2D eigenvalue weighted by Gasteiger charge is 2.37. The second kappa shape index (κ2) is 13.5. The van der Waals surface area contributed by atoms with Crippen LogP contribution in [-0.2, 0) is 14.3 Å². The second-order valence-corrected chi connectivity index (χ2v) is 8.96. The number of esters is 1. The zero-order valence-electron chi connectivity index (χ0n) is 21.7. The maximum atomic E-state index is 14.0. The standard InChI is InChI=1S/C30H35NO6/c1-21(29(33)23-13-9-6-10-14-23)31(2)30(34)28(22-11-7-5-8-12-22)24(19-27(32)36-4)20-37-26-17-15-25(35-3)16-18-26/h5-18,21,24,28-29,33H,19-20H2,1-4H3/t21-,24+,28+,29+/m1/s1. The Morgan fingerprint density at radius 2 is 1.38 bits per heavy atom. The summed E-state index contributed by atoms with van der Waals surface area (Å²) in [6, 6.07) is 25.2. The first-order chi connectivity index (χ1) is 17.8. The van der Waals surface area contributed by atoms with Crippen LogP contribution in [0.4, 0.5) is 0 Å². The van der Waals surface area contributed by atoms with E-state index in [0.29, 0.717) is 11.5 Å². The Morgan fingerprint density at radius 3 is 1.92 bits per heavy atom. The van der Waals surface area contributed by atoms with Crippen molar-refractivity contribution in [1.29, 1.82) is 0 Å². The predicted octanol–water partition coefficient (Wildman–Crippen LogP) is 4.62. The minimum absolute atomic E-state index is 0.0125. The molecule has 0 aliphatic heterocycles. The molecule has 0 unspecified atom stereocenters. The lowest BCUT2D eigenvalue weighted by atomic mass is 9.82. The van der Waals surface area contributed by atoms with Gasteiger partial charge in [-0.15, -0.1) is 0 Å². The number of amides is 1. The van der Waals surface area contributed by atoms with E-state index in [2.05, 4.69) is 0 Å². The summed E-state index contributed by atoms with van der Waals surface area (Å²) in [5, 5.41) is 11.0. The Balaban J connectivity index is 1.90. The van der Waals surface area contributed by atoms with Crippen molar-refractivity contribution >= 4 is 11.9 Å². The molecule has 0 heterocycles. The Bertz CT molecular complexity index is 1120. The summed E-state index contributed by atoms with van der Waals surface area (Å²) in [5.74, 6) is -0.584. The van der Waals surface area contributed by atoms with Crippen molar-refractivity contribution in [2.45, 2.75) is 31.4 Å². The molecular formula is C30H35NO6. The van der Waals surface area contributed by atoms with Crippen LogP contribution >= 0.6 is 0 Å². The van der Waals surface area contributed by atoms with Crippen LogP contribution in [0.15, 0.2) is 84.9 Å². The van der Waals surface area contributed by atoms with Crippen molar-refractivity contribution in [2.24, 2.45) is 5.92 Å². The molecule has 0 aromatic heterocycles. The molecule has 0 aliphatic carbocycles. The van der Waals surface area contributed by atoms with E-state index in [4.69, 9.17) is 14.2 Å². The van der Waals surface area contributed by atoms with Gasteiger partial charge in [-0.25, -0.2) is 0 Å². The molecule has 0 spiro atoms. The molecule has 0 saturated heterocycles. The molecule has 7 heteroatoms. The molecule has 0 aliphatic rings. The van der Waals surface area contributed by atoms with Gasteiger partial charge < -0.3 is 24.2 Å². The molecule has 0 fully saturated rings. The summed E-state index contributed by atoms with van der Waals surface area (Å²) in [6.45, 7) is 1.91. The number of ether oxygens (including phenoxy) is 3. The van der Waals surface area contributed by atoms with Gasteiger partial charge in [-0.05, 0) is 42.3 Å². The molecule has 3 aromatic carbocycles. The molecule has 0 saturated carbocycles. The van der Waals surface area contributed by atoms with Crippen molar-refractivity contribution in [3.63, 3.8) is 0 Å². The largest absolute Gasteiger partial charge is 0.497 e. The van der Waals surface area contributed by atoms with Crippen molar-refractivity contribution in [2.75, 3.05) is 27.9 Å². The van der Waals surface area contributed by atoms with E-state index in [0.717, 1.165) is 11.1 Å². The van der Waals surface area contributed by atoms with E-state index in [-0.39, 0.29) is 18.9 Å². The number of hydrogen-bond acceptors (Lipinski definition) is 6. The number of rotatable bonds is 12. The van der Waals surface area contributed by atoms with E-state index in [1.54, 1.807) is 50.2 Å². The Hall–Kier alpha value is -3.84. The monoisotopic (exact) mass is 505 g/mol. The van der Waals surface area contributed by atoms with Gasteiger partial charge in [0.1, 0.15) is 11.5 Å². The molecule has 0 radical (unpaired) electrons. The smallest absolute Gasteiger partial charge is 0.305 e. The minimum atomic E-state index is -0.874. The Labute approximate surface area is 218 Å². The van der Waals surface area contributed by atoms with Crippen molar-refractivity contribution < 1.29 is 28.9 Å². The topological polar surface area (TPSA) is 85.3 Å². The summed E-state index contributed by atoms with van der Waals surface area (Å²) in [6.07, 6.45) is -0.886. The first kappa shape index (κ1) is 27.7. The number of methoxy groups -OCH3 is 2. The summed E-state index contributed by atoms with van der Waals surface area (Å²) in [4.78, 5) is 28.0. The van der Waals surface area contributed by atoms with Gasteiger partial charge in [0.05, 0.1) is 45.3 Å². The van der Waals surface area contributed by atoms with Crippen LogP contribution in [0.25, 0.3) is 0 Å². The third kappa shape index (κ3) is 7.33. The predicted molar refractivity (Wildman–Crippen MR) is 141 cm³/mol. The van der Waals surface area contributed by atoms with E-state index in [9.17, 15) is 14.7 Å². The molecule has 37 heavy (non-hydrogen) atoms. The molecule has 4 atom stereocenters. The van der Waals surface area contributed by atoms with Crippen LogP contribution in [0.3, 0.4) is 0 Å². The molecule has 3 rings (SSSR count). The Morgan fingerprint density at radius 1 is 0.838 bits per heavy atom. The number of benzene rings is 3. The molecule has 0 bridgehead atoms. The highest BCUT2D eigenvalue weighted by molar-refractivity contribution is 5.85. The zero-order chi connectivity index (χ0) is 26.8. The van der Waals surface area contributed by atoms with Gasteiger partial charge in [0.25, 0.3) is 0 Å². The fraction of sp³-hybridized carbons (Fsp3) is 0.333. The van der Waals surface area contributed by atoms with Crippen molar-refractivity contribution in [1.82, 2.24) is 4.90 Å². The lowest BCUT2D eigenvalue weighted by Crippen LogP contribution is -2.44. The van der Waals surface area contributed by atoms with E-state index in [1.165, 1.54) is 7.11 Å². The maximum absolute atomic E-state index is 14.0. The van der Waals surface area contributed by atoms with Crippen LogP contribution in [0, 0.1) is 5.92 Å². The molecule has 3 aromatic rings. The van der Waals surface area contributed by atoms with Gasteiger partial charge in [0.15, 0.2) is 0 Å². The second-order valence-electron chi connectivity index (χ2n) is 8.96. The van der Waals surface area contributed by atoms with Gasteiger partial charge >= 0.3 is 5.97 Å². The minimum Gasteiger partial charge on any atom is -0.497 e. The first-order valence-corrected chi connectivity index (χ1v) is 12.2. The van der Waals surface area contributed by atoms with E-state index >= 15 is 0 Å². The summed E-state index contributed by atoms with van der Waals surface area (Å²) >= 11 is 0. The summed E-state index contributed by atoms with van der Waals surface area (Å²) < 4.78 is 16.2. The normalized spacial score (nSPS) is 14.1. The molecule has 7 nitrogen and oxygen atoms in total. The highest BCUT2D eigenvalue weighted by Crippen LogP contribution is 2.33. The lowest BCUT2D eigenvalue weighted by molar-refractivity contribution is -0.143. The number of aliphatic hydroxyl groups is 1. The highest BCUT2D eigenvalue weighted by atomic mass is 16.5. The van der Waals surface area contributed by atoms with Crippen LogP contribution in [-0.4, -0.2) is 55.8 Å². The van der Waals surface area contributed by atoms with Crippen LogP contribution < -0.4 is 9.47 Å². The van der Waals surface area contributed by atoms with Gasteiger partial charge in [-0.3, -0.25) is 9.59 Å². The van der Waals surface area contributed by atoms with Crippen LogP contribution in [0.1, 0.15) is 36.5 Å². The fourth-order valence-electron chi connectivity index (χ4n) is 4.28. The van der Waals surface area contributed by atoms with Gasteiger partial charge in [-0.2, -0.15) is 0 Å². The Kier molecular flexibility index (Phi) is 10.1. The van der Waals surface area contributed by atoms with Crippen LogP contribution in [0.5, 0.6) is 11.5 Å². The summed E-state index contributed by atoms with van der Waals surface area (Å²) in [7, 11) is 4.59. The number of carbonyl (C=O) groups excluding carboxylic acids is 2. The fourth-order valence-corrected chi connectivity index (χ4v) is 4.28. The number of likely N-dealkylation sites (N-methyl/N-ethyl adjacent to an activating group) is 1. The molecule has 196 valence electrons. The third-order valence-corrected chi connectivity index (χ3v) is 6.63. The molecule has 1 amide bonds. The first-order valence-electron chi connectivity index (χ1n) is 12.2. The SMILES string of the molecule is COC(=O)C[C@@H](COc1ccc(OC)cc1)[C@@H](C(=O)N(C)[C@H](C)[C@H](O)c1ccccc1)c1ccccc1. The zero-order valence-corrected chi connectivity index (χ0v) is 21.7. The maximum Gasteiger partial charge on any atom is 0.305 e.